The van der Waals surface area contributed by atoms with E-state index in [4.69, 9.17) is 4.74 Å². The molecule has 3 aromatic rings. The van der Waals surface area contributed by atoms with Crippen molar-refractivity contribution in [2.24, 2.45) is 0 Å². The molecule has 6 heteroatoms. The summed E-state index contributed by atoms with van der Waals surface area (Å²) in [6.45, 7) is 6.14. The first-order chi connectivity index (χ1) is 15.8. The van der Waals surface area contributed by atoms with Crippen molar-refractivity contribution in [3.05, 3.63) is 94.6 Å². The van der Waals surface area contributed by atoms with Gasteiger partial charge in [-0.05, 0) is 73.9 Å². The number of carbonyl (C=O) groups is 2. The van der Waals surface area contributed by atoms with Crippen LogP contribution in [0.1, 0.15) is 35.2 Å². The minimum atomic E-state index is -0.859. The largest absolute Gasteiger partial charge is 0.508 e. The highest BCUT2D eigenvalue weighted by molar-refractivity contribution is 6.51. The number of carbonyl (C=O) groups excluding carboxylic acids is 2. The molecule has 1 aliphatic heterocycles. The first-order valence-electron chi connectivity index (χ1n) is 10.7. The van der Waals surface area contributed by atoms with Gasteiger partial charge < -0.3 is 14.9 Å². The molecule has 0 aliphatic carbocycles. The lowest BCUT2D eigenvalue weighted by Crippen LogP contribution is -2.29. The fourth-order valence-corrected chi connectivity index (χ4v) is 4.22. The number of aliphatic hydroxyl groups excluding tert-OH is 1. The van der Waals surface area contributed by atoms with Crippen LogP contribution in [0.2, 0.25) is 0 Å². The Hall–Kier alpha value is -4.06. The second-order valence-electron chi connectivity index (χ2n) is 8.07. The number of hydrogen-bond acceptors (Lipinski definition) is 5. The topological polar surface area (TPSA) is 87.1 Å². The van der Waals surface area contributed by atoms with E-state index in [-0.39, 0.29) is 17.1 Å². The average Bonchev–Trinajstić information content (AvgIpc) is 3.04. The van der Waals surface area contributed by atoms with Crippen molar-refractivity contribution in [1.82, 2.24) is 0 Å². The molecule has 1 heterocycles. The van der Waals surface area contributed by atoms with Crippen LogP contribution in [0.5, 0.6) is 11.5 Å². The van der Waals surface area contributed by atoms with Crippen LogP contribution < -0.4 is 9.64 Å². The zero-order chi connectivity index (χ0) is 23.7. The van der Waals surface area contributed by atoms with Gasteiger partial charge >= 0.3 is 0 Å². The zero-order valence-electron chi connectivity index (χ0n) is 18.7. The summed E-state index contributed by atoms with van der Waals surface area (Å²) in [7, 11) is 0. The summed E-state index contributed by atoms with van der Waals surface area (Å²) in [6.07, 6.45) is 0. The zero-order valence-corrected chi connectivity index (χ0v) is 18.7. The van der Waals surface area contributed by atoms with Crippen LogP contribution in [-0.4, -0.2) is 28.5 Å². The monoisotopic (exact) mass is 443 g/mol. The molecule has 1 aliphatic rings. The predicted octanol–water partition coefficient (Wildman–Crippen LogP) is 5.03. The molecule has 1 fully saturated rings. The van der Waals surface area contributed by atoms with Gasteiger partial charge in [-0.3, -0.25) is 14.5 Å². The first-order valence-corrected chi connectivity index (χ1v) is 10.7. The molecule has 6 nitrogen and oxygen atoms in total. The molecule has 1 amide bonds. The number of phenolic OH excluding ortho intramolecular Hbond substituents is 1. The number of amides is 1. The number of aliphatic hydroxyl groups is 1. The molecule has 2 N–H and O–H groups in total. The first kappa shape index (κ1) is 22.1. The van der Waals surface area contributed by atoms with Gasteiger partial charge in [-0.25, -0.2) is 0 Å². The van der Waals surface area contributed by atoms with Crippen LogP contribution in [0.15, 0.2) is 72.3 Å². The maximum Gasteiger partial charge on any atom is 0.300 e. The molecule has 33 heavy (non-hydrogen) atoms. The van der Waals surface area contributed by atoms with Crippen molar-refractivity contribution >= 4 is 23.1 Å². The van der Waals surface area contributed by atoms with Gasteiger partial charge in [0.15, 0.2) is 0 Å². The number of rotatable bonds is 5. The number of hydrogen-bond donors (Lipinski definition) is 2. The molecule has 0 spiro atoms. The fraction of sp³-hybridized carbons (Fsp3) is 0.185. The summed E-state index contributed by atoms with van der Waals surface area (Å²) in [4.78, 5) is 27.9. The van der Waals surface area contributed by atoms with Crippen molar-refractivity contribution in [3.8, 4) is 11.5 Å². The average molecular weight is 443 g/mol. The van der Waals surface area contributed by atoms with E-state index in [0.717, 1.165) is 11.1 Å². The molecular formula is C27H25NO5. The summed E-state index contributed by atoms with van der Waals surface area (Å²) in [6, 6.07) is 17.8. The minimum Gasteiger partial charge on any atom is -0.508 e. The molecule has 3 aromatic carbocycles. The molecular weight excluding hydrogens is 418 g/mol. The normalized spacial score (nSPS) is 17.4. The van der Waals surface area contributed by atoms with Crippen molar-refractivity contribution in [1.29, 1.82) is 0 Å². The van der Waals surface area contributed by atoms with E-state index in [1.807, 2.05) is 39.0 Å². The lowest BCUT2D eigenvalue weighted by atomic mass is 9.95. The van der Waals surface area contributed by atoms with Crippen LogP contribution in [0.4, 0.5) is 5.69 Å². The van der Waals surface area contributed by atoms with E-state index >= 15 is 0 Å². The predicted molar refractivity (Wildman–Crippen MR) is 126 cm³/mol. The third-order valence-electron chi connectivity index (χ3n) is 5.56. The standard InChI is InChI=1S/C27H25NO5/c1-4-33-22-7-5-6-19(15-22)25(30)23-24(18-8-10-21(29)11-9-18)28(27(32)26(23)31)20-13-16(2)12-17(3)14-20/h5-15,24,29-30H,4H2,1-3H3/b25-23+. The Balaban J connectivity index is 1.94. The Bertz CT molecular complexity index is 1240. The Morgan fingerprint density at radius 2 is 1.64 bits per heavy atom. The number of ether oxygens (including phenoxy) is 1. The summed E-state index contributed by atoms with van der Waals surface area (Å²) in [5.41, 5.74) is 3.41. The van der Waals surface area contributed by atoms with Gasteiger partial charge in [-0.15, -0.1) is 0 Å². The van der Waals surface area contributed by atoms with E-state index in [9.17, 15) is 19.8 Å². The summed E-state index contributed by atoms with van der Waals surface area (Å²) < 4.78 is 5.52. The van der Waals surface area contributed by atoms with E-state index in [2.05, 4.69) is 0 Å². The molecule has 1 unspecified atom stereocenters. The smallest absolute Gasteiger partial charge is 0.300 e. The molecule has 1 atom stereocenters. The van der Waals surface area contributed by atoms with Gasteiger partial charge in [0.25, 0.3) is 11.7 Å². The second kappa shape index (κ2) is 8.82. The van der Waals surface area contributed by atoms with Crippen LogP contribution in [-0.2, 0) is 9.59 Å². The van der Waals surface area contributed by atoms with Crippen LogP contribution in [0.25, 0.3) is 5.76 Å². The van der Waals surface area contributed by atoms with Gasteiger partial charge in [0.2, 0.25) is 0 Å². The number of aryl methyl sites for hydroxylation is 2. The SMILES string of the molecule is CCOc1cccc(/C(O)=C2\C(=O)C(=O)N(c3cc(C)cc(C)c3)C2c2ccc(O)cc2)c1. The van der Waals surface area contributed by atoms with Crippen molar-refractivity contribution in [2.45, 2.75) is 26.8 Å². The molecule has 0 radical (unpaired) electrons. The molecule has 0 bridgehead atoms. The quantitative estimate of drug-likeness (QED) is 0.328. The van der Waals surface area contributed by atoms with Crippen molar-refractivity contribution in [2.75, 3.05) is 11.5 Å². The highest BCUT2D eigenvalue weighted by Gasteiger charge is 2.47. The molecule has 0 saturated carbocycles. The van der Waals surface area contributed by atoms with E-state index in [0.29, 0.717) is 29.2 Å². The number of Topliss-reactive ketones (excluding diaryl/α,β-unsaturated/α-hetero) is 1. The summed E-state index contributed by atoms with van der Waals surface area (Å²) >= 11 is 0. The maximum atomic E-state index is 13.3. The third kappa shape index (κ3) is 4.20. The lowest BCUT2D eigenvalue weighted by Gasteiger charge is -2.26. The van der Waals surface area contributed by atoms with Crippen LogP contribution in [0.3, 0.4) is 0 Å². The number of nitrogens with zero attached hydrogens (tertiary/aromatic N) is 1. The second-order valence-corrected chi connectivity index (χ2v) is 8.07. The number of ketones is 1. The summed E-state index contributed by atoms with van der Waals surface area (Å²) in [5.74, 6) is -1.16. The molecule has 168 valence electrons. The molecule has 4 rings (SSSR count). The van der Waals surface area contributed by atoms with E-state index in [1.54, 1.807) is 36.4 Å². The Kier molecular flexibility index (Phi) is 5.92. The van der Waals surface area contributed by atoms with Gasteiger partial charge in [0.05, 0.1) is 18.2 Å². The third-order valence-corrected chi connectivity index (χ3v) is 5.56. The molecule has 0 aromatic heterocycles. The number of phenols is 1. The van der Waals surface area contributed by atoms with Gasteiger partial charge in [0.1, 0.15) is 17.3 Å². The Morgan fingerprint density at radius 1 is 0.970 bits per heavy atom. The minimum absolute atomic E-state index is 0.0153. The fourth-order valence-electron chi connectivity index (χ4n) is 4.22. The highest BCUT2D eigenvalue weighted by atomic mass is 16.5. The Morgan fingerprint density at radius 3 is 2.27 bits per heavy atom. The lowest BCUT2D eigenvalue weighted by molar-refractivity contribution is -0.132. The van der Waals surface area contributed by atoms with Crippen LogP contribution in [0, 0.1) is 13.8 Å². The number of aromatic hydroxyl groups is 1. The Labute approximate surface area is 192 Å². The maximum absolute atomic E-state index is 13.3. The van der Waals surface area contributed by atoms with Crippen LogP contribution >= 0.6 is 0 Å². The van der Waals surface area contributed by atoms with Gasteiger partial charge in [-0.1, -0.05) is 30.3 Å². The van der Waals surface area contributed by atoms with Gasteiger partial charge in [-0.2, -0.15) is 0 Å². The van der Waals surface area contributed by atoms with Gasteiger partial charge in [0, 0.05) is 11.3 Å². The van der Waals surface area contributed by atoms with E-state index < -0.39 is 17.7 Å². The highest BCUT2D eigenvalue weighted by Crippen LogP contribution is 2.43. The summed E-state index contributed by atoms with van der Waals surface area (Å²) in [5, 5.41) is 21.0. The van der Waals surface area contributed by atoms with Crippen molar-refractivity contribution in [3.63, 3.8) is 0 Å². The number of benzene rings is 3. The van der Waals surface area contributed by atoms with Crippen molar-refractivity contribution < 1.29 is 24.5 Å². The number of anilines is 1. The molecule has 1 saturated heterocycles. The van der Waals surface area contributed by atoms with E-state index in [1.165, 1.54) is 17.0 Å².